The highest BCUT2D eigenvalue weighted by atomic mass is 35.5. The third kappa shape index (κ3) is 2.10. The number of nitrogens with zero attached hydrogens (tertiary/aromatic N) is 1. The van der Waals surface area contributed by atoms with Gasteiger partial charge in [0.15, 0.2) is 0 Å². The van der Waals surface area contributed by atoms with Gasteiger partial charge in [0.05, 0.1) is 0 Å². The largest absolute Gasteiger partial charge is 0.310 e. The summed E-state index contributed by atoms with van der Waals surface area (Å²) in [4.78, 5) is 2.31. The molecule has 0 bridgehead atoms. The van der Waals surface area contributed by atoms with Crippen LogP contribution >= 0.6 is 11.6 Å². The van der Waals surface area contributed by atoms with E-state index in [0.717, 1.165) is 17.1 Å². The topological polar surface area (TPSA) is 3.24 Å². The lowest BCUT2D eigenvalue weighted by Crippen LogP contribution is -2.18. The summed E-state index contributed by atoms with van der Waals surface area (Å²) in [5.74, 6) is 0. The minimum atomic E-state index is 0.761. The molecule has 1 heterocycles. The molecule has 0 saturated heterocycles. The molecule has 102 valence electrons. The minimum Gasteiger partial charge on any atom is -0.310 e. The van der Waals surface area contributed by atoms with Gasteiger partial charge in [0.2, 0.25) is 0 Å². The highest BCUT2D eigenvalue weighted by Crippen LogP contribution is 2.43. The van der Waals surface area contributed by atoms with Crippen LogP contribution in [0.1, 0.15) is 11.1 Å². The number of rotatable bonds is 1. The van der Waals surface area contributed by atoms with Gasteiger partial charge in [-0.2, -0.15) is 0 Å². The maximum Gasteiger partial charge on any atom is 0.0497 e. The van der Waals surface area contributed by atoms with Crippen molar-refractivity contribution < 1.29 is 0 Å². The molecule has 0 aliphatic carbocycles. The first-order chi connectivity index (χ1) is 10.3. The smallest absolute Gasteiger partial charge is 0.0497 e. The lowest BCUT2D eigenvalue weighted by atomic mass is 9.95. The normalized spacial score (nSPS) is 12.7. The molecule has 0 unspecified atom stereocenters. The van der Waals surface area contributed by atoms with Crippen LogP contribution in [0.4, 0.5) is 17.1 Å². The van der Waals surface area contributed by atoms with Crippen molar-refractivity contribution in [3.63, 3.8) is 0 Å². The maximum absolute atomic E-state index is 6.03. The van der Waals surface area contributed by atoms with Gasteiger partial charge in [-0.15, -0.1) is 0 Å². The van der Waals surface area contributed by atoms with Crippen LogP contribution < -0.4 is 4.90 Å². The van der Waals surface area contributed by atoms with Crippen molar-refractivity contribution in [2.45, 2.75) is 6.42 Å². The molecular formula is C19H14ClN. The molecular weight excluding hydrogens is 278 g/mol. The van der Waals surface area contributed by atoms with Crippen LogP contribution in [0, 0.1) is 0 Å². The lowest BCUT2D eigenvalue weighted by Gasteiger charge is -2.33. The molecule has 0 fully saturated rings. The van der Waals surface area contributed by atoms with Gasteiger partial charge in [-0.05, 0) is 47.5 Å². The van der Waals surface area contributed by atoms with E-state index >= 15 is 0 Å². The zero-order valence-electron chi connectivity index (χ0n) is 11.5. The Balaban J connectivity index is 1.95. The third-order valence-electron chi connectivity index (χ3n) is 3.93. The van der Waals surface area contributed by atoms with Crippen LogP contribution in [0.25, 0.3) is 0 Å². The van der Waals surface area contributed by atoms with Crippen molar-refractivity contribution in [1.82, 2.24) is 0 Å². The summed E-state index contributed by atoms with van der Waals surface area (Å²) in [6.07, 6.45) is 0.983. The van der Waals surface area contributed by atoms with Crippen molar-refractivity contribution in [2.75, 3.05) is 4.90 Å². The van der Waals surface area contributed by atoms with Crippen molar-refractivity contribution in [3.8, 4) is 0 Å². The molecule has 3 aromatic rings. The lowest BCUT2D eigenvalue weighted by molar-refractivity contribution is 1.09. The molecule has 2 heteroatoms. The van der Waals surface area contributed by atoms with Crippen LogP contribution in [-0.4, -0.2) is 0 Å². The number of hydrogen-bond acceptors (Lipinski definition) is 1. The first-order valence-electron chi connectivity index (χ1n) is 7.04. The monoisotopic (exact) mass is 291 g/mol. The van der Waals surface area contributed by atoms with Crippen LogP contribution in [0.15, 0.2) is 72.8 Å². The Hall–Kier alpha value is -2.25. The number of anilines is 3. The molecule has 0 saturated carbocycles. The molecule has 0 radical (unpaired) electrons. The number of hydrogen-bond donors (Lipinski definition) is 0. The second-order valence-corrected chi connectivity index (χ2v) is 5.68. The molecule has 0 amide bonds. The molecule has 1 aliphatic heterocycles. The fourth-order valence-corrected chi connectivity index (χ4v) is 3.09. The van der Waals surface area contributed by atoms with Crippen molar-refractivity contribution >= 4 is 28.7 Å². The molecule has 4 rings (SSSR count). The Kier molecular flexibility index (Phi) is 2.94. The van der Waals surface area contributed by atoms with E-state index in [1.54, 1.807) is 0 Å². The van der Waals surface area contributed by atoms with E-state index in [4.69, 9.17) is 11.6 Å². The SMILES string of the molecule is Clc1ccc(N2c3ccccc3Cc3ccccc32)cc1. The number of fused-ring (bicyclic) bond motifs is 2. The fourth-order valence-electron chi connectivity index (χ4n) is 2.96. The fraction of sp³-hybridized carbons (Fsp3) is 0.0526. The van der Waals surface area contributed by atoms with E-state index in [1.807, 2.05) is 12.1 Å². The van der Waals surface area contributed by atoms with Gasteiger partial charge >= 0.3 is 0 Å². The summed E-state index contributed by atoms with van der Waals surface area (Å²) in [6, 6.07) is 25.2. The van der Waals surface area contributed by atoms with E-state index in [2.05, 4.69) is 65.6 Å². The van der Waals surface area contributed by atoms with Gasteiger partial charge in [-0.1, -0.05) is 48.0 Å². The first-order valence-corrected chi connectivity index (χ1v) is 7.42. The van der Waals surface area contributed by atoms with Gasteiger partial charge in [-0.25, -0.2) is 0 Å². The van der Waals surface area contributed by atoms with Crippen molar-refractivity contribution in [2.24, 2.45) is 0 Å². The van der Waals surface area contributed by atoms with Crippen molar-refractivity contribution in [1.29, 1.82) is 0 Å². The standard InChI is InChI=1S/C19H14ClN/c20-16-9-11-17(12-10-16)21-18-7-3-1-5-14(18)13-15-6-2-4-8-19(15)21/h1-12H,13H2. The highest BCUT2D eigenvalue weighted by molar-refractivity contribution is 6.30. The molecule has 0 atom stereocenters. The molecule has 0 aromatic heterocycles. The Bertz CT molecular complexity index is 747. The second-order valence-electron chi connectivity index (χ2n) is 5.25. The molecule has 3 aromatic carbocycles. The van der Waals surface area contributed by atoms with Gasteiger partial charge in [0, 0.05) is 28.5 Å². The number of para-hydroxylation sites is 2. The third-order valence-corrected chi connectivity index (χ3v) is 4.18. The average molecular weight is 292 g/mol. The van der Waals surface area contributed by atoms with Gasteiger partial charge in [0.25, 0.3) is 0 Å². The van der Waals surface area contributed by atoms with Gasteiger partial charge < -0.3 is 4.90 Å². The predicted molar refractivity (Wildman–Crippen MR) is 88.9 cm³/mol. The van der Waals surface area contributed by atoms with Crippen molar-refractivity contribution in [3.05, 3.63) is 88.9 Å². The highest BCUT2D eigenvalue weighted by Gasteiger charge is 2.22. The quantitative estimate of drug-likeness (QED) is 0.434. The van der Waals surface area contributed by atoms with Crippen LogP contribution in [0.3, 0.4) is 0 Å². The Labute approximate surface area is 129 Å². The summed E-state index contributed by atoms with van der Waals surface area (Å²) in [6.45, 7) is 0. The van der Waals surface area contributed by atoms with Gasteiger partial charge in [0.1, 0.15) is 0 Å². The van der Waals surface area contributed by atoms with E-state index < -0.39 is 0 Å². The van der Waals surface area contributed by atoms with E-state index in [-0.39, 0.29) is 0 Å². The molecule has 0 spiro atoms. The number of halogens is 1. The number of benzene rings is 3. The van der Waals surface area contributed by atoms with Crippen LogP contribution in [-0.2, 0) is 6.42 Å². The average Bonchev–Trinajstić information content (AvgIpc) is 2.53. The first kappa shape index (κ1) is 12.5. The predicted octanol–water partition coefficient (Wildman–Crippen LogP) is 5.71. The Morgan fingerprint density at radius 1 is 0.667 bits per heavy atom. The van der Waals surface area contributed by atoms with Crippen LogP contribution in [0.2, 0.25) is 5.02 Å². The summed E-state index contributed by atoms with van der Waals surface area (Å²) in [5, 5.41) is 0.761. The van der Waals surface area contributed by atoms with Crippen LogP contribution in [0.5, 0.6) is 0 Å². The summed E-state index contributed by atoms with van der Waals surface area (Å²) in [7, 11) is 0. The summed E-state index contributed by atoms with van der Waals surface area (Å²) < 4.78 is 0. The van der Waals surface area contributed by atoms with E-state index in [9.17, 15) is 0 Å². The maximum atomic E-state index is 6.03. The summed E-state index contributed by atoms with van der Waals surface area (Å²) >= 11 is 6.03. The summed E-state index contributed by atoms with van der Waals surface area (Å²) in [5.41, 5.74) is 6.34. The minimum absolute atomic E-state index is 0.761. The zero-order valence-corrected chi connectivity index (χ0v) is 12.2. The Morgan fingerprint density at radius 2 is 1.19 bits per heavy atom. The van der Waals surface area contributed by atoms with Gasteiger partial charge in [-0.3, -0.25) is 0 Å². The molecule has 0 N–H and O–H groups in total. The molecule has 21 heavy (non-hydrogen) atoms. The van der Waals surface area contributed by atoms with E-state index in [1.165, 1.54) is 22.5 Å². The molecule has 1 aliphatic rings. The second kappa shape index (κ2) is 4.94. The Morgan fingerprint density at radius 3 is 1.76 bits per heavy atom. The molecule has 1 nitrogen and oxygen atoms in total. The zero-order chi connectivity index (χ0) is 14.2. The van der Waals surface area contributed by atoms with E-state index in [0.29, 0.717) is 0 Å².